The van der Waals surface area contributed by atoms with Gasteiger partial charge in [0.15, 0.2) is 0 Å². The Balaban J connectivity index is 2.73. The molecule has 0 N–H and O–H groups in total. The molecule has 0 bridgehead atoms. The lowest BCUT2D eigenvalue weighted by Crippen LogP contribution is -2.00. The number of hydrogen-bond donors (Lipinski definition) is 0. The van der Waals surface area contributed by atoms with Gasteiger partial charge in [0.2, 0.25) is 0 Å². The van der Waals surface area contributed by atoms with Crippen molar-refractivity contribution in [2.45, 2.75) is 27.0 Å². The predicted octanol–water partition coefficient (Wildman–Crippen LogP) is 2.22. The quantitative estimate of drug-likeness (QED) is 0.442. The number of carbonyl (C=O) groups is 1. The number of ether oxygens (including phenoxy) is 1. The summed E-state index contributed by atoms with van der Waals surface area (Å²) in [6.07, 6.45) is 5.78. The molecular formula is C13H17BNO2. The highest BCUT2D eigenvalue weighted by atomic mass is 16.5. The highest BCUT2D eigenvalue weighted by molar-refractivity contribution is 6.32. The Morgan fingerprint density at radius 1 is 1.59 bits per heavy atom. The molecule has 0 aliphatic rings. The van der Waals surface area contributed by atoms with Gasteiger partial charge in [-0.3, -0.25) is 4.98 Å². The van der Waals surface area contributed by atoms with Gasteiger partial charge in [0.1, 0.15) is 7.28 Å². The summed E-state index contributed by atoms with van der Waals surface area (Å²) in [5, 5.41) is 0. The lowest BCUT2D eigenvalue weighted by Gasteiger charge is -2.03. The third kappa shape index (κ3) is 4.43. The molecule has 0 unspecified atom stereocenters. The van der Waals surface area contributed by atoms with Gasteiger partial charge in [-0.05, 0) is 43.4 Å². The molecule has 0 aliphatic heterocycles. The predicted molar refractivity (Wildman–Crippen MR) is 70.0 cm³/mol. The zero-order valence-corrected chi connectivity index (χ0v) is 10.6. The average Bonchev–Trinajstić information content (AvgIpc) is 2.30. The van der Waals surface area contributed by atoms with Crippen LogP contribution >= 0.6 is 0 Å². The monoisotopic (exact) mass is 230 g/mol. The van der Waals surface area contributed by atoms with Crippen molar-refractivity contribution in [3.05, 3.63) is 35.2 Å². The Kier molecular flexibility index (Phi) is 5.47. The number of carbonyl (C=O) groups excluding carboxylic acids is 1. The first kappa shape index (κ1) is 13.5. The van der Waals surface area contributed by atoms with E-state index in [-0.39, 0.29) is 5.97 Å². The van der Waals surface area contributed by atoms with Crippen molar-refractivity contribution in [2.75, 3.05) is 6.61 Å². The van der Waals surface area contributed by atoms with E-state index < -0.39 is 0 Å². The summed E-state index contributed by atoms with van der Waals surface area (Å²) in [4.78, 5) is 15.5. The Labute approximate surface area is 103 Å². The van der Waals surface area contributed by atoms with E-state index in [0.717, 1.165) is 23.1 Å². The lowest BCUT2D eigenvalue weighted by molar-refractivity contribution is -0.137. The van der Waals surface area contributed by atoms with E-state index in [4.69, 9.17) is 4.74 Å². The molecule has 0 aliphatic carbocycles. The zero-order valence-electron chi connectivity index (χ0n) is 10.6. The summed E-state index contributed by atoms with van der Waals surface area (Å²) < 4.78 is 4.80. The SMILES string of the molecule is C[B]Cc1ncc(/C=C/C(=O)OCC)cc1C. The molecule has 0 aromatic carbocycles. The fraction of sp³-hybridized carbons (Fsp3) is 0.385. The second-order valence-electron chi connectivity index (χ2n) is 3.73. The minimum atomic E-state index is -0.323. The first-order chi connectivity index (χ1) is 8.17. The number of hydrogen-bond acceptors (Lipinski definition) is 3. The maximum atomic E-state index is 11.1. The van der Waals surface area contributed by atoms with Crippen molar-refractivity contribution < 1.29 is 9.53 Å². The molecule has 89 valence electrons. The topological polar surface area (TPSA) is 39.2 Å². The van der Waals surface area contributed by atoms with E-state index in [1.807, 2.05) is 19.8 Å². The van der Waals surface area contributed by atoms with Crippen molar-refractivity contribution in [3.8, 4) is 0 Å². The van der Waals surface area contributed by atoms with Gasteiger partial charge in [-0.15, -0.1) is 0 Å². The summed E-state index contributed by atoms with van der Waals surface area (Å²) >= 11 is 0. The van der Waals surface area contributed by atoms with Crippen LogP contribution in [-0.4, -0.2) is 24.8 Å². The summed E-state index contributed by atoms with van der Waals surface area (Å²) in [5.74, 6) is -0.323. The van der Waals surface area contributed by atoms with E-state index in [2.05, 4.69) is 12.3 Å². The highest BCUT2D eigenvalue weighted by Gasteiger charge is 2.00. The third-order valence-corrected chi connectivity index (χ3v) is 2.30. The average molecular weight is 230 g/mol. The van der Waals surface area contributed by atoms with Crippen LogP contribution in [0.5, 0.6) is 0 Å². The summed E-state index contributed by atoms with van der Waals surface area (Å²) in [5.41, 5.74) is 3.12. The minimum Gasteiger partial charge on any atom is -0.463 e. The molecular weight excluding hydrogens is 213 g/mol. The number of rotatable bonds is 5. The van der Waals surface area contributed by atoms with Crippen LogP contribution in [0.1, 0.15) is 23.7 Å². The van der Waals surface area contributed by atoms with Crippen molar-refractivity contribution >= 4 is 19.3 Å². The second-order valence-corrected chi connectivity index (χ2v) is 3.73. The molecule has 0 spiro atoms. The van der Waals surface area contributed by atoms with Crippen LogP contribution in [0.2, 0.25) is 6.82 Å². The fourth-order valence-electron chi connectivity index (χ4n) is 1.48. The van der Waals surface area contributed by atoms with Gasteiger partial charge < -0.3 is 4.74 Å². The molecule has 0 saturated carbocycles. The smallest absolute Gasteiger partial charge is 0.330 e. The normalized spacial score (nSPS) is 10.5. The summed E-state index contributed by atoms with van der Waals surface area (Å²) in [6, 6.07) is 2.02. The van der Waals surface area contributed by atoms with Gasteiger partial charge >= 0.3 is 5.97 Å². The van der Waals surface area contributed by atoms with Crippen LogP contribution in [0.3, 0.4) is 0 Å². The Morgan fingerprint density at radius 3 is 2.94 bits per heavy atom. The molecule has 0 fully saturated rings. The second kappa shape index (κ2) is 6.89. The number of aryl methyl sites for hydroxylation is 1. The van der Waals surface area contributed by atoms with Crippen molar-refractivity contribution in [1.29, 1.82) is 0 Å². The third-order valence-electron chi connectivity index (χ3n) is 2.30. The molecule has 3 nitrogen and oxygen atoms in total. The number of pyridine rings is 1. The number of aromatic nitrogens is 1. The molecule has 17 heavy (non-hydrogen) atoms. The van der Waals surface area contributed by atoms with Crippen LogP contribution in [0.25, 0.3) is 6.08 Å². The molecule has 1 aromatic rings. The van der Waals surface area contributed by atoms with Crippen LogP contribution < -0.4 is 0 Å². The van der Waals surface area contributed by atoms with Gasteiger partial charge in [0.25, 0.3) is 0 Å². The van der Waals surface area contributed by atoms with Gasteiger partial charge in [-0.1, -0.05) is 6.82 Å². The standard InChI is InChI=1S/C13H17BNO2/c1-4-17-13(16)6-5-11-7-10(2)12(8-14-3)15-9-11/h5-7,9H,4,8H2,1-3H3/b6-5+. The molecule has 1 aromatic heterocycles. The summed E-state index contributed by atoms with van der Waals surface area (Å²) in [7, 11) is 2.07. The highest BCUT2D eigenvalue weighted by Crippen LogP contribution is 2.09. The first-order valence-corrected chi connectivity index (χ1v) is 5.75. The molecule has 4 heteroatoms. The van der Waals surface area contributed by atoms with Gasteiger partial charge in [-0.25, -0.2) is 4.79 Å². The Bertz CT molecular complexity index is 416. The van der Waals surface area contributed by atoms with Gasteiger partial charge in [-0.2, -0.15) is 0 Å². The van der Waals surface area contributed by atoms with Crippen LogP contribution in [0.15, 0.2) is 18.3 Å². The largest absolute Gasteiger partial charge is 0.463 e. The van der Waals surface area contributed by atoms with Gasteiger partial charge in [0.05, 0.1) is 6.61 Å². The number of nitrogens with zero attached hydrogens (tertiary/aromatic N) is 1. The van der Waals surface area contributed by atoms with Crippen molar-refractivity contribution in [2.24, 2.45) is 0 Å². The molecule has 0 saturated heterocycles. The molecule has 0 amide bonds. The lowest BCUT2D eigenvalue weighted by atomic mass is 9.76. The minimum absolute atomic E-state index is 0.323. The van der Waals surface area contributed by atoms with E-state index in [9.17, 15) is 4.79 Å². The van der Waals surface area contributed by atoms with Crippen LogP contribution in [0, 0.1) is 6.92 Å². The molecule has 1 radical (unpaired) electrons. The van der Waals surface area contributed by atoms with E-state index >= 15 is 0 Å². The maximum Gasteiger partial charge on any atom is 0.330 e. The Hall–Kier alpha value is -1.58. The van der Waals surface area contributed by atoms with E-state index in [1.165, 1.54) is 6.08 Å². The zero-order chi connectivity index (χ0) is 12.7. The summed E-state index contributed by atoms with van der Waals surface area (Å²) in [6.45, 7) is 6.21. The number of esters is 1. The molecule has 1 heterocycles. The molecule has 1 rings (SSSR count). The van der Waals surface area contributed by atoms with Crippen molar-refractivity contribution in [3.63, 3.8) is 0 Å². The van der Waals surface area contributed by atoms with E-state index in [0.29, 0.717) is 6.61 Å². The van der Waals surface area contributed by atoms with Crippen LogP contribution in [0.4, 0.5) is 0 Å². The maximum absolute atomic E-state index is 11.1. The van der Waals surface area contributed by atoms with Crippen LogP contribution in [-0.2, 0) is 15.9 Å². The first-order valence-electron chi connectivity index (χ1n) is 5.75. The van der Waals surface area contributed by atoms with Crippen molar-refractivity contribution in [1.82, 2.24) is 4.98 Å². The Morgan fingerprint density at radius 2 is 2.35 bits per heavy atom. The van der Waals surface area contributed by atoms with Gasteiger partial charge in [0, 0.05) is 18.0 Å². The molecule has 0 atom stereocenters. The van der Waals surface area contributed by atoms with E-state index in [1.54, 1.807) is 19.2 Å². The fourth-order valence-corrected chi connectivity index (χ4v) is 1.48.